The average molecular weight is 378 g/mol. The van der Waals surface area contributed by atoms with Gasteiger partial charge in [0.15, 0.2) is 0 Å². The minimum Gasteiger partial charge on any atom is -0.370 e. The fraction of sp³-hybridized carbons (Fsp3) is 0.684. The number of hydrogen-bond acceptors (Lipinski definition) is 5. The van der Waals surface area contributed by atoms with Crippen LogP contribution in [-0.2, 0) is 9.53 Å². The second kappa shape index (κ2) is 12.3. The van der Waals surface area contributed by atoms with E-state index in [1.165, 1.54) is 17.3 Å². The molecule has 1 aromatic heterocycles. The number of hydrogen-bond donors (Lipinski definition) is 2. The lowest BCUT2D eigenvalue weighted by molar-refractivity contribution is -0.906. The van der Waals surface area contributed by atoms with Crippen LogP contribution in [0.4, 0.5) is 0 Å². The molecule has 1 saturated heterocycles. The van der Waals surface area contributed by atoms with Gasteiger partial charge in [0.2, 0.25) is 5.91 Å². The maximum Gasteiger partial charge on any atom is 0.274 e. The van der Waals surface area contributed by atoms with E-state index in [-0.39, 0.29) is 11.8 Å². The maximum absolute atomic E-state index is 12.6. The van der Waals surface area contributed by atoms with E-state index in [0.717, 1.165) is 52.1 Å². The summed E-state index contributed by atoms with van der Waals surface area (Å²) in [5.74, 6) is -0.181. The number of carbonyl (C=O) groups excluding carboxylic acids is 2. The summed E-state index contributed by atoms with van der Waals surface area (Å²) in [5.41, 5.74) is 0.324. The third kappa shape index (κ3) is 8.01. The van der Waals surface area contributed by atoms with Crippen LogP contribution >= 0.6 is 0 Å². The first-order valence-corrected chi connectivity index (χ1v) is 9.94. The molecule has 1 aliphatic rings. The standard InChI is InChI=1S/C19H31N5O3/c1-2-3-4-9-24(19(26)17-16-20-6-7-21-17)10-5-18(25)22-8-11-23-12-14-27-15-13-23/h6-7,16H,2-5,8-15H2,1H3,(H,22,25)/p+1. The summed E-state index contributed by atoms with van der Waals surface area (Å²) >= 11 is 0. The Kier molecular flexibility index (Phi) is 9.72. The van der Waals surface area contributed by atoms with Gasteiger partial charge >= 0.3 is 0 Å². The highest BCUT2D eigenvalue weighted by Gasteiger charge is 2.18. The highest BCUT2D eigenvalue weighted by molar-refractivity contribution is 5.92. The third-order valence-electron chi connectivity index (χ3n) is 4.71. The van der Waals surface area contributed by atoms with Gasteiger partial charge in [-0.15, -0.1) is 0 Å². The van der Waals surface area contributed by atoms with Crippen molar-refractivity contribution in [3.8, 4) is 0 Å². The molecular formula is C19H32N5O3+. The van der Waals surface area contributed by atoms with E-state index in [0.29, 0.717) is 31.7 Å². The van der Waals surface area contributed by atoms with Crippen LogP contribution in [0.2, 0.25) is 0 Å². The van der Waals surface area contributed by atoms with Gasteiger partial charge in [0.05, 0.1) is 32.5 Å². The van der Waals surface area contributed by atoms with Crippen molar-refractivity contribution in [2.24, 2.45) is 0 Å². The molecule has 150 valence electrons. The molecule has 2 amide bonds. The molecule has 1 aliphatic heterocycles. The Bertz CT molecular complexity index is 564. The molecule has 0 aliphatic carbocycles. The number of quaternary nitrogens is 1. The first-order chi connectivity index (χ1) is 13.2. The molecule has 1 fully saturated rings. The van der Waals surface area contributed by atoms with Crippen molar-refractivity contribution in [3.63, 3.8) is 0 Å². The lowest BCUT2D eigenvalue weighted by Crippen LogP contribution is -3.14. The lowest BCUT2D eigenvalue weighted by atomic mass is 10.2. The van der Waals surface area contributed by atoms with Crippen LogP contribution in [0, 0.1) is 0 Å². The van der Waals surface area contributed by atoms with E-state index in [4.69, 9.17) is 4.74 Å². The Hall–Kier alpha value is -2.06. The van der Waals surface area contributed by atoms with Gasteiger partial charge < -0.3 is 19.9 Å². The highest BCUT2D eigenvalue weighted by atomic mass is 16.5. The van der Waals surface area contributed by atoms with E-state index in [1.54, 1.807) is 11.1 Å². The molecule has 0 radical (unpaired) electrons. The average Bonchev–Trinajstić information content (AvgIpc) is 2.71. The molecule has 2 rings (SSSR count). The van der Waals surface area contributed by atoms with Crippen LogP contribution in [0.25, 0.3) is 0 Å². The molecular weight excluding hydrogens is 346 g/mol. The van der Waals surface area contributed by atoms with Crippen LogP contribution in [0.3, 0.4) is 0 Å². The molecule has 8 heteroatoms. The first-order valence-electron chi connectivity index (χ1n) is 9.94. The molecule has 0 unspecified atom stereocenters. The van der Waals surface area contributed by atoms with Crippen molar-refractivity contribution >= 4 is 11.8 Å². The van der Waals surface area contributed by atoms with Gasteiger partial charge in [-0.3, -0.25) is 14.6 Å². The number of nitrogens with zero attached hydrogens (tertiary/aromatic N) is 3. The zero-order valence-corrected chi connectivity index (χ0v) is 16.3. The van der Waals surface area contributed by atoms with Crippen LogP contribution < -0.4 is 10.2 Å². The van der Waals surface area contributed by atoms with E-state index < -0.39 is 0 Å². The Balaban J connectivity index is 1.75. The zero-order chi connectivity index (χ0) is 19.3. The molecule has 0 bridgehead atoms. The van der Waals surface area contributed by atoms with Gasteiger partial charge in [0, 0.05) is 31.9 Å². The topological polar surface area (TPSA) is 88.9 Å². The zero-order valence-electron chi connectivity index (χ0n) is 16.3. The van der Waals surface area contributed by atoms with Crippen molar-refractivity contribution in [1.29, 1.82) is 0 Å². The molecule has 1 aromatic rings. The van der Waals surface area contributed by atoms with Gasteiger partial charge in [-0.05, 0) is 6.42 Å². The summed E-state index contributed by atoms with van der Waals surface area (Å²) in [6.45, 7) is 8.29. The predicted molar refractivity (Wildman–Crippen MR) is 101 cm³/mol. The summed E-state index contributed by atoms with van der Waals surface area (Å²) in [6, 6.07) is 0. The normalized spacial score (nSPS) is 14.7. The second-order valence-electron chi connectivity index (χ2n) is 6.80. The van der Waals surface area contributed by atoms with Crippen LogP contribution in [0.1, 0.15) is 43.1 Å². The van der Waals surface area contributed by atoms with E-state index >= 15 is 0 Å². The van der Waals surface area contributed by atoms with Crippen LogP contribution in [-0.4, -0.2) is 79.2 Å². The van der Waals surface area contributed by atoms with Gasteiger partial charge in [-0.2, -0.15) is 0 Å². The quantitative estimate of drug-likeness (QED) is 0.508. The van der Waals surface area contributed by atoms with E-state index in [9.17, 15) is 9.59 Å². The van der Waals surface area contributed by atoms with Gasteiger partial charge in [-0.1, -0.05) is 19.8 Å². The number of nitrogens with one attached hydrogen (secondary N) is 2. The monoisotopic (exact) mass is 378 g/mol. The lowest BCUT2D eigenvalue weighted by Gasteiger charge is -2.24. The number of morpholine rings is 1. The van der Waals surface area contributed by atoms with Gasteiger partial charge in [0.1, 0.15) is 18.8 Å². The molecule has 0 saturated carbocycles. The highest BCUT2D eigenvalue weighted by Crippen LogP contribution is 2.05. The molecule has 2 heterocycles. The van der Waals surface area contributed by atoms with Crippen molar-refractivity contribution in [2.45, 2.75) is 32.6 Å². The summed E-state index contributed by atoms with van der Waals surface area (Å²) in [4.78, 5) is 36.0. The number of ether oxygens (including phenoxy) is 1. The number of amides is 2. The Morgan fingerprint density at radius 1 is 1.22 bits per heavy atom. The van der Waals surface area contributed by atoms with Crippen LogP contribution in [0.15, 0.2) is 18.6 Å². The molecule has 0 aromatic carbocycles. The molecule has 0 spiro atoms. The number of unbranched alkanes of at least 4 members (excludes halogenated alkanes) is 2. The van der Waals surface area contributed by atoms with Crippen molar-refractivity contribution in [2.75, 3.05) is 52.5 Å². The fourth-order valence-corrected chi connectivity index (χ4v) is 3.05. The molecule has 8 nitrogen and oxygen atoms in total. The third-order valence-corrected chi connectivity index (χ3v) is 4.71. The Morgan fingerprint density at radius 3 is 2.74 bits per heavy atom. The predicted octanol–water partition coefficient (Wildman–Crippen LogP) is -0.470. The van der Waals surface area contributed by atoms with Crippen LogP contribution in [0.5, 0.6) is 0 Å². The minimum atomic E-state index is -0.162. The molecule has 27 heavy (non-hydrogen) atoms. The first kappa shape index (κ1) is 21.2. The fourth-order valence-electron chi connectivity index (χ4n) is 3.05. The summed E-state index contributed by atoms with van der Waals surface area (Å²) in [5, 5.41) is 2.96. The SMILES string of the molecule is CCCCCN(CCC(=O)NCC[NH+]1CCOCC1)C(=O)c1cnccn1. The van der Waals surface area contributed by atoms with Gasteiger partial charge in [0.25, 0.3) is 5.91 Å². The number of carbonyl (C=O) groups is 2. The number of aromatic nitrogens is 2. The van der Waals surface area contributed by atoms with Crippen molar-refractivity contribution in [1.82, 2.24) is 20.2 Å². The largest absolute Gasteiger partial charge is 0.370 e. The maximum atomic E-state index is 12.6. The summed E-state index contributed by atoms with van der Waals surface area (Å²) in [6.07, 6.45) is 7.89. The Labute approximate surface area is 161 Å². The Morgan fingerprint density at radius 2 is 2.04 bits per heavy atom. The minimum absolute atomic E-state index is 0.0184. The smallest absolute Gasteiger partial charge is 0.274 e. The second-order valence-corrected chi connectivity index (χ2v) is 6.80. The summed E-state index contributed by atoms with van der Waals surface area (Å²) in [7, 11) is 0. The van der Waals surface area contributed by atoms with Crippen molar-refractivity contribution < 1.29 is 19.2 Å². The van der Waals surface area contributed by atoms with Gasteiger partial charge in [-0.25, -0.2) is 4.98 Å². The molecule has 2 N–H and O–H groups in total. The number of rotatable bonds is 11. The van der Waals surface area contributed by atoms with E-state index in [2.05, 4.69) is 22.2 Å². The van der Waals surface area contributed by atoms with E-state index in [1.807, 2.05) is 0 Å². The molecule has 0 atom stereocenters. The van der Waals surface area contributed by atoms with Crippen molar-refractivity contribution in [3.05, 3.63) is 24.3 Å². The summed E-state index contributed by atoms with van der Waals surface area (Å²) < 4.78 is 5.34.